The smallest absolute Gasteiger partial charge is 0.233 e. The normalized spacial score (nSPS) is 14.5. The highest BCUT2D eigenvalue weighted by atomic mass is 16.2. The van der Waals surface area contributed by atoms with Crippen molar-refractivity contribution >= 4 is 17.1 Å². The van der Waals surface area contributed by atoms with Crippen molar-refractivity contribution in [3.63, 3.8) is 0 Å². The van der Waals surface area contributed by atoms with Crippen molar-refractivity contribution in [1.29, 1.82) is 0 Å². The van der Waals surface area contributed by atoms with Crippen molar-refractivity contribution in [3.05, 3.63) is 54.1 Å². The van der Waals surface area contributed by atoms with Crippen LogP contribution in [0, 0.1) is 0 Å². The van der Waals surface area contributed by atoms with Crippen LogP contribution < -0.4 is 0 Å². The minimum Gasteiger partial charge on any atom is -0.412 e. The molecule has 0 radical (unpaired) electrons. The van der Waals surface area contributed by atoms with E-state index >= 15 is 0 Å². The summed E-state index contributed by atoms with van der Waals surface area (Å²) in [5.74, 6) is -0.884. The second kappa shape index (κ2) is 4.48. The van der Waals surface area contributed by atoms with Gasteiger partial charge in [-0.15, -0.1) is 0 Å². The lowest BCUT2D eigenvalue weighted by atomic mass is 9.95. The molecule has 3 heteroatoms. The van der Waals surface area contributed by atoms with Crippen LogP contribution in [-0.2, 0) is 9.59 Å². The van der Waals surface area contributed by atoms with Gasteiger partial charge in [-0.1, -0.05) is 42.5 Å². The van der Waals surface area contributed by atoms with Gasteiger partial charge in [-0.3, -0.25) is 9.59 Å². The first-order valence-corrected chi connectivity index (χ1v) is 4.31. The van der Waals surface area contributed by atoms with Gasteiger partial charge in [0.25, 0.3) is 0 Å². The molecule has 0 saturated heterocycles. The number of hydrogen-bond donors (Lipinski definition) is 0. The van der Waals surface area contributed by atoms with E-state index in [4.69, 9.17) is 0 Å². The summed E-state index contributed by atoms with van der Waals surface area (Å²) in [6.07, 6.45) is 4.56. The SMILES string of the molecule is O.O=C1C=CC=C(c2ccccc2)C1=O. The van der Waals surface area contributed by atoms with E-state index in [1.807, 2.05) is 30.3 Å². The summed E-state index contributed by atoms with van der Waals surface area (Å²) in [6.45, 7) is 0. The molecule has 0 bridgehead atoms. The third-order valence-corrected chi connectivity index (χ3v) is 2.06. The van der Waals surface area contributed by atoms with Crippen molar-refractivity contribution in [2.45, 2.75) is 0 Å². The third-order valence-electron chi connectivity index (χ3n) is 2.06. The van der Waals surface area contributed by atoms with E-state index in [0.717, 1.165) is 5.56 Å². The second-order valence-corrected chi connectivity index (χ2v) is 3.00. The molecule has 15 heavy (non-hydrogen) atoms. The standard InChI is InChI=1S/C12H8O2.H2O/c13-11-8-4-7-10(12(11)14)9-5-2-1-3-6-9;/h1-8H;1H2. The van der Waals surface area contributed by atoms with Crippen molar-refractivity contribution < 1.29 is 15.1 Å². The number of allylic oxidation sites excluding steroid dienone is 4. The molecule has 1 aromatic carbocycles. The topological polar surface area (TPSA) is 65.6 Å². The molecule has 76 valence electrons. The summed E-state index contributed by atoms with van der Waals surface area (Å²) in [6, 6.07) is 9.18. The van der Waals surface area contributed by atoms with Gasteiger partial charge in [0.05, 0.1) is 0 Å². The van der Waals surface area contributed by atoms with Gasteiger partial charge in [0.2, 0.25) is 11.6 Å². The van der Waals surface area contributed by atoms with Gasteiger partial charge in [0, 0.05) is 5.57 Å². The van der Waals surface area contributed by atoms with Crippen LogP contribution in [0.4, 0.5) is 0 Å². The molecule has 0 aromatic heterocycles. The third kappa shape index (κ3) is 2.08. The summed E-state index contributed by atoms with van der Waals surface area (Å²) < 4.78 is 0. The highest BCUT2D eigenvalue weighted by Crippen LogP contribution is 2.18. The van der Waals surface area contributed by atoms with Gasteiger partial charge in [0.15, 0.2) is 0 Å². The van der Waals surface area contributed by atoms with Gasteiger partial charge >= 0.3 is 0 Å². The second-order valence-electron chi connectivity index (χ2n) is 3.00. The molecule has 0 spiro atoms. The summed E-state index contributed by atoms with van der Waals surface area (Å²) in [5, 5.41) is 0. The van der Waals surface area contributed by atoms with Crippen LogP contribution in [0.1, 0.15) is 5.56 Å². The molecule has 0 aliphatic heterocycles. The van der Waals surface area contributed by atoms with Crippen molar-refractivity contribution in [2.24, 2.45) is 0 Å². The molecule has 3 nitrogen and oxygen atoms in total. The Balaban J connectivity index is 0.00000112. The lowest BCUT2D eigenvalue weighted by Gasteiger charge is -2.06. The molecule has 2 rings (SSSR count). The average molecular weight is 202 g/mol. The summed E-state index contributed by atoms with van der Waals surface area (Å²) >= 11 is 0. The Morgan fingerprint density at radius 2 is 1.60 bits per heavy atom. The predicted molar refractivity (Wildman–Crippen MR) is 57.2 cm³/mol. The zero-order valence-electron chi connectivity index (χ0n) is 7.94. The Morgan fingerprint density at radius 3 is 2.27 bits per heavy atom. The molecule has 0 amide bonds. The van der Waals surface area contributed by atoms with E-state index < -0.39 is 11.6 Å². The Labute approximate surface area is 87.0 Å². The van der Waals surface area contributed by atoms with Crippen LogP contribution >= 0.6 is 0 Å². The molecule has 1 aliphatic carbocycles. The Bertz CT molecular complexity index is 441. The van der Waals surface area contributed by atoms with Crippen LogP contribution in [0.15, 0.2) is 48.6 Å². The molecule has 0 fully saturated rings. The highest BCUT2D eigenvalue weighted by Gasteiger charge is 2.19. The molecule has 1 aromatic rings. The predicted octanol–water partition coefficient (Wildman–Crippen LogP) is 0.953. The van der Waals surface area contributed by atoms with Crippen LogP contribution in [0.2, 0.25) is 0 Å². The fourth-order valence-corrected chi connectivity index (χ4v) is 1.36. The monoisotopic (exact) mass is 202 g/mol. The number of carbonyl (C=O) groups excluding carboxylic acids is 2. The van der Waals surface area contributed by atoms with Crippen molar-refractivity contribution in [3.8, 4) is 0 Å². The van der Waals surface area contributed by atoms with Gasteiger partial charge < -0.3 is 5.48 Å². The van der Waals surface area contributed by atoms with E-state index in [1.54, 1.807) is 12.2 Å². The van der Waals surface area contributed by atoms with E-state index in [-0.39, 0.29) is 5.48 Å². The maximum absolute atomic E-state index is 11.5. The van der Waals surface area contributed by atoms with Crippen LogP contribution in [0.5, 0.6) is 0 Å². The maximum atomic E-state index is 11.5. The molecule has 2 N–H and O–H groups in total. The quantitative estimate of drug-likeness (QED) is 0.502. The van der Waals surface area contributed by atoms with Crippen LogP contribution in [0.3, 0.4) is 0 Å². The Kier molecular flexibility index (Phi) is 3.31. The zero-order valence-corrected chi connectivity index (χ0v) is 7.94. The molecule has 0 atom stereocenters. The first-order chi connectivity index (χ1) is 6.79. The number of Topliss-reactive ketones (excluding diaryl/α,β-unsaturated/α-hetero) is 1. The summed E-state index contributed by atoms with van der Waals surface area (Å²) in [5.41, 5.74) is 1.26. The van der Waals surface area contributed by atoms with E-state index in [2.05, 4.69) is 0 Å². The van der Waals surface area contributed by atoms with Crippen LogP contribution in [0.25, 0.3) is 5.57 Å². The van der Waals surface area contributed by atoms with Crippen LogP contribution in [-0.4, -0.2) is 17.0 Å². The van der Waals surface area contributed by atoms with E-state index in [9.17, 15) is 9.59 Å². The maximum Gasteiger partial charge on any atom is 0.233 e. The number of ketones is 2. The van der Waals surface area contributed by atoms with Crippen molar-refractivity contribution in [2.75, 3.05) is 0 Å². The number of hydrogen-bond acceptors (Lipinski definition) is 2. The fourth-order valence-electron chi connectivity index (χ4n) is 1.36. The average Bonchev–Trinajstić information content (AvgIpc) is 2.23. The van der Waals surface area contributed by atoms with Gasteiger partial charge in [-0.05, 0) is 11.6 Å². The fraction of sp³-hybridized carbons (Fsp3) is 0. The minimum atomic E-state index is -0.452. The largest absolute Gasteiger partial charge is 0.412 e. The number of rotatable bonds is 1. The van der Waals surface area contributed by atoms with Gasteiger partial charge in [-0.2, -0.15) is 0 Å². The lowest BCUT2D eigenvalue weighted by Crippen LogP contribution is -2.15. The molecule has 0 unspecified atom stereocenters. The lowest BCUT2D eigenvalue weighted by molar-refractivity contribution is -0.130. The summed E-state index contributed by atoms with van der Waals surface area (Å²) in [4.78, 5) is 22.6. The molecular weight excluding hydrogens is 192 g/mol. The highest BCUT2D eigenvalue weighted by molar-refractivity contribution is 6.57. The molecule has 0 saturated carbocycles. The first-order valence-electron chi connectivity index (χ1n) is 4.31. The van der Waals surface area contributed by atoms with Gasteiger partial charge in [-0.25, -0.2) is 0 Å². The molecule has 1 aliphatic rings. The van der Waals surface area contributed by atoms with Crippen molar-refractivity contribution in [1.82, 2.24) is 0 Å². The zero-order chi connectivity index (χ0) is 9.97. The van der Waals surface area contributed by atoms with E-state index in [1.165, 1.54) is 6.08 Å². The molecular formula is C12H10O3. The Morgan fingerprint density at radius 1 is 0.933 bits per heavy atom. The summed E-state index contributed by atoms with van der Waals surface area (Å²) in [7, 11) is 0. The number of carbonyl (C=O) groups is 2. The Hall–Kier alpha value is -2.00. The minimum absolute atomic E-state index is 0. The molecule has 0 heterocycles. The van der Waals surface area contributed by atoms with Gasteiger partial charge in [0.1, 0.15) is 0 Å². The number of benzene rings is 1. The first kappa shape index (κ1) is 11.1. The van der Waals surface area contributed by atoms with E-state index in [0.29, 0.717) is 5.57 Å².